The van der Waals surface area contributed by atoms with Crippen LogP contribution in [0.15, 0.2) is 47.5 Å². The lowest BCUT2D eigenvalue weighted by Crippen LogP contribution is -2.48. The number of halogens is 3. The van der Waals surface area contributed by atoms with Crippen molar-refractivity contribution in [3.63, 3.8) is 0 Å². The van der Waals surface area contributed by atoms with Gasteiger partial charge < -0.3 is 24.4 Å². The fraction of sp³-hybridized carbons (Fsp3) is 0.435. The Hall–Kier alpha value is -2.14. The molecule has 2 aromatic carbocycles. The van der Waals surface area contributed by atoms with E-state index in [0.717, 1.165) is 18.1 Å². The van der Waals surface area contributed by atoms with Crippen LogP contribution in [0, 0.1) is 6.92 Å². The van der Waals surface area contributed by atoms with Crippen LogP contribution in [0.5, 0.6) is 11.5 Å². The number of nitrogens with one attached hydrogen (secondary N) is 1. The number of nitrogens with zero attached hydrogens (tertiary/aromatic N) is 2. The molecular weight excluding hydrogens is 531 g/mol. The van der Waals surface area contributed by atoms with Gasteiger partial charge in [0.05, 0.1) is 20.3 Å². The molecule has 1 N–H and O–H groups in total. The molecule has 0 spiro atoms. The largest absolute Gasteiger partial charge is 0.493 e. The Balaban J connectivity index is 0.00000363. The molecule has 9 heteroatoms. The minimum atomic E-state index is -2.90. The zero-order valence-electron chi connectivity index (χ0n) is 18.5. The molecule has 1 fully saturated rings. The standard InChI is InChI=1S/C23H29F2N3O3.HI/c1-16-6-4-5-7-18(16)21-15-28(12-13-30-21)23(26-2)27-11-10-17-8-9-19(29-3)20(14-17)31-22(24)25;/h4-9,14,21-22H,10-13,15H2,1-3H3,(H,26,27);1H. The van der Waals surface area contributed by atoms with Crippen molar-refractivity contribution in [2.24, 2.45) is 4.99 Å². The fourth-order valence-electron chi connectivity index (χ4n) is 3.69. The molecule has 0 aliphatic carbocycles. The minimum Gasteiger partial charge on any atom is -0.493 e. The van der Waals surface area contributed by atoms with Crippen molar-refractivity contribution in [2.75, 3.05) is 40.4 Å². The first-order chi connectivity index (χ1) is 15.0. The summed E-state index contributed by atoms with van der Waals surface area (Å²) in [5.74, 6) is 1.11. The summed E-state index contributed by atoms with van der Waals surface area (Å²) >= 11 is 0. The molecule has 1 unspecified atom stereocenters. The van der Waals surface area contributed by atoms with Crippen LogP contribution in [0.1, 0.15) is 22.8 Å². The lowest BCUT2D eigenvalue weighted by atomic mass is 10.0. The molecular formula is C23H30F2IN3O3. The van der Waals surface area contributed by atoms with Gasteiger partial charge in [-0.1, -0.05) is 30.3 Å². The van der Waals surface area contributed by atoms with Gasteiger partial charge in [-0.3, -0.25) is 4.99 Å². The minimum absolute atomic E-state index is 0. The number of hydrogen-bond acceptors (Lipinski definition) is 4. The van der Waals surface area contributed by atoms with Crippen LogP contribution in [0.4, 0.5) is 8.78 Å². The summed E-state index contributed by atoms with van der Waals surface area (Å²) in [5, 5.41) is 3.36. The Labute approximate surface area is 205 Å². The van der Waals surface area contributed by atoms with E-state index in [1.807, 2.05) is 18.2 Å². The highest BCUT2D eigenvalue weighted by molar-refractivity contribution is 14.0. The third kappa shape index (κ3) is 6.93. The molecule has 1 atom stereocenters. The van der Waals surface area contributed by atoms with Gasteiger partial charge in [-0.05, 0) is 42.2 Å². The highest BCUT2D eigenvalue weighted by atomic mass is 127. The molecule has 0 aromatic heterocycles. The van der Waals surface area contributed by atoms with E-state index in [-0.39, 0.29) is 41.6 Å². The third-order valence-corrected chi connectivity index (χ3v) is 5.25. The summed E-state index contributed by atoms with van der Waals surface area (Å²) in [6.07, 6.45) is 0.609. The molecule has 6 nitrogen and oxygen atoms in total. The van der Waals surface area contributed by atoms with Crippen LogP contribution in [-0.2, 0) is 11.2 Å². The maximum atomic E-state index is 12.6. The van der Waals surface area contributed by atoms with Crippen LogP contribution in [-0.4, -0.2) is 57.9 Å². The van der Waals surface area contributed by atoms with Gasteiger partial charge in [-0.2, -0.15) is 8.78 Å². The van der Waals surface area contributed by atoms with Gasteiger partial charge in [0.1, 0.15) is 6.10 Å². The van der Waals surface area contributed by atoms with Crippen molar-refractivity contribution < 1.29 is 23.0 Å². The van der Waals surface area contributed by atoms with Crippen molar-refractivity contribution >= 4 is 29.9 Å². The van der Waals surface area contributed by atoms with E-state index in [4.69, 9.17) is 9.47 Å². The van der Waals surface area contributed by atoms with Crippen molar-refractivity contribution in [3.8, 4) is 11.5 Å². The number of guanidine groups is 1. The third-order valence-electron chi connectivity index (χ3n) is 5.25. The predicted molar refractivity (Wildman–Crippen MR) is 132 cm³/mol. The van der Waals surface area contributed by atoms with Gasteiger partial charge in [-0.15, -0.1) is 24.0 Å². The second kappa shape index (κ2) is 12.8. The molecule has 2 aromatic rings. The van der Waals surface area contributed by atoms with Crippen LogP contribution in [0.2, 0.25) is 0 Å². The van der Waals surface area contributed by atoms with E-state index < -0.39 is 6.61 Å². The van der Waals surface area contributed by atoms with Gasteiger partial charge in [0.25, 0.3) is 0 Å². The molecule has 0 radical (unpaired) electrons. The van der Waals surface area contributed by atoms with Crippen molar-refractivity contribution in [2.45, 2.75) is 26.1 Å². The van der Waals surface area contributed by atoms with Crippen molar-refractivity contribution in [1.29, 1.82) is 0 Å². The van der Waals surface area contributed by atoms with Gasteiger partial charge in [0, 0.05) is 20.1 Å². The second-order valence-electron chi connectivity index (χ2n) is 7.25. The van der Waals surface area contributed by atoms with E-state index in [1.165, 1.54) is 18.2 Å². The first-order valence-corrected chi connectivity index (χ1v) is 10.3. The van der Waals surface area contributed by atoms with Gasteiger partial charge in [0.2, 0.25) is 0 Å². The van der Waals surface area contributed by atoms with E-state index >= 15 is 0 Å². The van der Waals surface area contributed by atoms with Crippen LogP contribution >= 0.6 is 24.0 Å². The summed E-state index contributed by atoms with van der Waals surface area (Å²) < 4.78 is 40.9. The summed E-state index contributed by atoms with van der Waals surface area (Å²) in [5.41, 5.74) is 3.25. The van der Waals surface area contributed by atoms with Crippen LogP contribution in [0.3, 0.4) is 0 Å². The van der Waals surface area contributed by atoms with E-state index in [2.05, 4.69) is 39.0 Å². The number of morpholine rings is 1. The summed E-state index contributed by atoms with van der Waals surface area (Å²) in [6.45, 7) is 1.86. The van der Waals surface area contributed by atoms with Gasteiger partial charge in [0.15, 0.2) is 17.5 Å². The highest BCUT2D eigenvalue weighted by Gasteiger charge is 2.25. The summed E-state index contributed by atoms with van der Waals surface area (Å²) in [6, 6.07) is 13.3. The number of aliphatic imine (C=N–C) groups is 1. The smallest absolute Gasteiger partial charge is 0.387 e. The second-order valence-corrected chi connectivity index (χ2v) is 7.25. The number of hydrogen-bond donors (Lipinski definition) is 1. The molecule has 32 heavy (non-hydrogen) atoms. The van der Waals surface area contributed by atoms with Crippen LogP contribution in [0.25, 0.3) is 0 Å². The Morgan fingerprint density at radius 3 is 2.72 bits per heavy atom. The van der Waals surface area contributed by atoms with Gasteiger partial charge in [-0.25, -0.2) is 0 Å². The monoisotopic (exact) mass is 561 g/mol. The lowest BCUT2D eigenvalue weighted by Gasteiger charge is -2.35. The van der Waals surface area contributed by atoms with Crippen molar-refractivity contribution in [3.05, 3.63) is 59.2 Å². The zero-order valence-corrected chi connectivity index (χ0v) is 20.8. The molecule has 176 valence electrons. The topological polar surface area (TPSA) is 55.3 Å². The molecule has 0 bridgehead atoms. The highest BCUT2D eigenvalue weighted by Crippen LogP contribution is 2.29. The maximum absolute atomic E-state index is 12.6. The Morgan fingerprint density at radius 2 is 2.03 bits per heavy atom. The zero-order chi connectivity index (χ0) is 22.2. The molecule has 1 heterocycles. The molecule has 1 saturated heterocycles. The van der Waals surface area contributed by atoms with E-state index in [0.29, 0.717) is 26.1 Å². The quantitative estimate of drug-likeness (QED) is 0.309. The SMILES string of the molecule is CN=C(NCCc1ccc(OC)c(OC(F)F)c1)N1CCOC(c2ccccc2C)C1.I. The van der Waals surface area contributed by atoms with Gasteiger partial charge >= 0.3 is 6.61 Å². The molecule has 1 aliphatic rings. The molecule has 0 saturated carbocycles. The normalized spacial score (nSPS) is 16.5. The summed E-state index contributed by atoms with van der Waals surface area (Å²) in [7, 11) is 3.17. The lowest BCUT2D eigenvalue weighted by molar-refractivity contribution is -0.0512. The number of alkyl halides is 2. The number of aryl methyl sites for hydroxylation is 1. The Morgan fingerprint density at radius 1 is 1.25 bits per heavy atom. The first-order valence-electron chi connectivity index (χ1n) is 10.3. The molecule has 1 aliphatic heterocycles. The van der Waals surface area contributed by atoms with E-state index in [9.17, 15) is 8.78 Å². The van der Waals surface area contributed by atoms with E-state index in [1.54, 1.807) is 19.2 Å². The number of benzene rings is 2. The molecule has 3 rings (SSSR count). The number of methoxy groups -OCH3 is 1. The number of rotatable bonds is 7. The fourth-order valence-corrected chi connectivity index (χ4v) is 3.69. The van der Waals surface area contributed by atoms with Crippen molar-refractivity contribution in [1.82, 2.24) is 10.2 Å². The Bertz CT molecular complexity index is 899. The molecule has 0 amide bonds. The predicted octanol–water partition coefficient (Wildman–Crippen LogP) is 4.41. The Kier molecular flexibility index (Phi) is 10.4. The van der Waals surface area contributed by atoms with Crippen LogP contribution < -0.4 is 14.8 Å². The first kappa shape index (κ1) is 26.1. The summed E-state index contributed by atoms with van der Waals surface area (Å²) in [4.78, 5) is 6.59. The average Bonchev–Trinajstić information content (AvgIpc) is 2.77. The maximum Gasteiger partial charge on any atom is 0.387 e. The number of ether oxygens (including phenoxy) is 3. The average molecular weight is 561 g/mol.